The number of hydrogen-bond donors (Lipinski definition) is 2. The number of hydrogen-bond acceptors (Lipinski definition) is 4. The van der Waals surface area contributed by atoms with Crippen LogP contribution < -0.4 is 10.6 Å². The van der Waals surface area contributed by atoms with E-state index >= 15 is 0 Å². The second kappa shape index (κ2) is 7.03. The van der Waals surface area contributed by atoms with Crippen LogP contribution in [-0.2, 0) is 19.5 Å². The summed E-state index contributed by atoms with van der Waals surface area (Å²) in [6, 6.07) is 19.1. The van der Waals surface area contributed by atoms with Crippen molar-refractivity contribution < 1.29 is 0 Å². The van der Waals surface area contributed by atoms with Gasteiger partial charge in [0.05, 0.1) is 5.69 Å². The van der Waals surface area contributed by atoms with Gasteiger partial charge in [0.2, 0.25) is 0 Å². The number of nitrogens with zero attached hydrogens (tertiary/aromatic N) is 2. The van der Waals surface area contributed by atoms with Gasteiger partial charge in [0, 0.05) is 18.7 Å². The summed E-state index contributed by atoms with van der Waals surface area (Å²) in [6.45, 7) is 4.52. The first-order chi connectivity index (χ1) is 12.3. The van der Waals surface area contributed by atoms with Crippen molar-refractivity contribution in [3.63, 3.8) is 0 Å². The monoisotopic (exact) mass is 330 g/mol. The smallest absolute Gasteiger partial charge is 0.133 e. The van der Waals surface area contributed by atoms with Crippen molar-refractivity contribution in [2.24, 2.45) is 0 Å². The van der Waals surface area contributed by atoms with Crippen LogP contribution in [0, 0.1) is 6.92 Å². The predicted octanol–water partition coefficient (Wildman–Crippen LogP) is 3.71. The van der Waals surface area contributed by atoms with Crippen molar-refractivity contribution in [3.05, 3.63) is 77.2 Å². The van der Waals surface area contributed by atoms with Crippen molar-refractivity contribution >= 4 is 5.82 Å². The molecule has 0 radical (unpaired) electrons. The summed E-state index contributed by atoms with van der Waals surface area (Å²) in [4.78, 5) is 9.23. The van der Waals surface area contributed by atoms with Crippen molar-refractivity contribution in [2.45, 2.75) is 26.4 Å². The fourth-order valence-electron chi connectivity index (χ4n) is 3.38. The van der Waals surface area contributed by atoms with Crippen LogP contribution in [0.5, 0.6) is 0 Å². The average molecular weight is 330 g/mol. The Morgan fingerprint density at radius 3 is 2.68 bits per heavy atom. The lowest BCUT2D eigenvalue weighted by atomic mass is 9.99. The Bertz CT molecular complexity index is 874. The molecule has 1 aromatic heterocycles. The molecule has 1 aliphatic heterocycles. The molecule has 0 fully saturated rings. The SMILES string of the molecule is Cc1nc2c(c(NCc3ccccc3-c3ccccc3)n1)CCNC2. The van der Waals surface area contributed by atoms with Gasteiger partial charge in [0.25, 0.3) is 0 Å². The summed E-state index contributed by atoms with van der Waals surface area (Å²) < 4.78 is 0. The molecule has 2 aromatic carbocycles. The molecule has 0 amide bonds. The Hall–Kier alpha value is -2.72. The first-order valence-electron chi connectivity index (χ1n) is 8.75. The summed E-state index contributed by atoms with van der Waals surface area (Å²) in [6.07, 6.45) is 0.971. The molecule has 4 nitrogen and oxygen atoms in total. The number of benzene rings is 2. The second-order valence-corrected chi connectivity index (χ2v) is 6.35. The molecule has 0 unspecified atom stereocenters. The van der Waals surface area contributed by atoms with Crippen molar-refractivity contribution in [1.29, 1.82) is 0 Å². The molecule has 0 saturated heterocycles. The predicted molar refractivity (Wildman–Crippen MR) is 101 cm³/mol. The van der Waals surface area contributed by atoms with E-state index in [1.165, 1.54) is 22.3 Å². The van der Waals surface area contributed by atoms with E-state index in [9.17, 15) is 0 Å². The van der Waals surface area contributed by atoms with Crippen LogP contribution in [0.15, 0.2) is 54.6 Å². The fraction of sp³-hybridized carbons (Fsp3) is 0.238. The first kappa shape index (κ1) is 15.8. The van der Waals surface area contributed by atoms with Crippen LogP contribution >= 0.6 is 0 Å². The zero-order chi connectivity index (χ0) is 17.1. The van der Waals surface area contributed by atoms with Crippen LogP contribution in [0.1, 0.15) is 22.6 Å². The van der Waals surface area contributed by atoms with Crippen LogP contribution in [0.25, 0.3) is 11.1 Å². The van der Waals surface area contributed by atoms with Gasteiger partial charge < -0.3 is 10.6 Å². The third-order valence-corrected chi connectivity index (χ3v) is 4.60. The summed E-state index contributed by atoms with van der Waals surface area (Å²) >= 11 is 0. The minimum absolute atomic E-state index is 0.751. The van der Waals surface area contributed by atoms with Gasteiger partial charge in [0.1, 0.15) is 11.6 Å². The molecule has 0 spiro atoms. The van der Waals surface area contributed by atoms with E-state index in [0.29, 0.717) is 0 Å². The molecule has 3 aromatic rings. The maximum absolute atomic E-state index is 4.65. The zero-order valence-electron chi connectivity index (χ0n) is 14.4. The Kier molecular flexibility index (Phi) is 4.44. The van der Waals surface area contributed by atoms with E-state index in [-0.39, 0.29) is 0 Å². The summed E-state index contributed by atoms with van der Waals surface area (Å²) in [5.41, 5.74) is 6.15. The number of fused-ring (bicyclic) bond motifs is 1. The molecule has 0 aliphatic carbocycles. The zero-order valence-corrected chi connectivity index (χ0v) is 14.4. The van der Waals surface area contributed by atoms with E-state index in [1.54, 1.807) is 0 Å². The molecule has 4 heteroatoms. The first-order valence-corrected chi connectivity index (χ1v) is 8.75. The molecule has 4 rings (SSSR count). The van der Waals surface area contributed by atoms with Gasteiger partial charge in [-0.05, 0) is 36.6 Å². The maximum Gasteiger partial charge on any atom is 0.133 e. The van der Waals surface area contributed by atoms with E-state index in [2.05, 4.69) is 69.1 Å². The van der Waals surface area contributed by atoms with Gasteiger partial charge in [-0.3, -0.25) is 0 Å². The van der Waals surface area contributed by atoms with Crippen LogP contribution in [0.2, 0.25) is 0 Å². The number of aryl methyl sites for hydroxylation is 1. The van der Waals surface area contributed by atoms with Gasteiger partial charge in [0.15, 0.2) is 0 Å². The lowest BCUT2D eigenvalue weighted by Gasteiger charge is -2.20. The summed E-state index contributed by atoms with van der Waals surface area (Å²) in [5, 5.41) is 6.94. The normalized spacial score (nSPS) is 13.3. The van der Waals surface area contributed by atoms with Crippen molar-refractivity contribution in [1.82, 2.24) is 15.3 Å². The third kappa shape index (κ3) is 3.39. The van der Waals surface area contributed by atoms with Crippen LogP contribution in [0.3, 0.4) is 0 Å². The number of rotatable bonds is 4. The quantitative estimate of drug-likeness (QED) is 0.766. The fourth-order valence-corrected chi connectivity index (χ4v) is 3.38. The Labute approximate surface area is 148 Å². The second-order valence-electron chi connectivity index (χ2n) is 6.35. The van der Waals surface area contributed by atoms with E-state index in [4.69, 9.17) is 0 Å². The Balaban J connectivity index is 1.62. The molecule has 1 aliphatic rings. The number of anilines is 1. The molecule has 0 saturated carbocycles. The molecular formula is C21H22N4. The number of nitrogens with one attached hydrogen (secondary N) is 2. The standard InChI is InChI=1S/C21H22N4/c1-15-24-20-14-22-12-11-19(20)21(25-15)23-13-17-9-5-6-10-18(17)16-7-3-2-4-8-16/h2-10,22H,11-14H2,1H3,(H,23,24,25). The highest BCUT2D eigenvalue weighted by atomic mass is 15.1. The lowest BCUT2D eigenvalue weighted by Crippen LogP contribution is -2.26. The highest BCUT2D eigenvalue weighted by Crippen LogP contribution is 2.25. The van der Waals surface area contributed by atoms with Gasteiger partial charge in [-0.2, -0.15) is 0 Å². The van der Waals surface area contributed by atoms with Crippen LogP contribution in [0.4, 0.5) is 5.82 Å². The highest BCUT2D eigenvalue weighted by Gasteiger charge is 2.16. The minimum atomic E-state index is 0.751. The Morgan fingerprint density at radius 1 is 1.00 bits per heavy atom. The highest BCUT2D eigenvalue weighted by molar-refractivity contribution is 5.67. The summed E-state index contributed by atoms with van der Waals surface area (Å²) in [5.74, 6) is 1.80. The van der Waals surface area contributed by atoms with E-state index < -0.39 is 0 Å². The summed E-state index contributed by atoms with van der Waals surface area (Å²) in [7, 11) is 0. The van der Waals surface area contributed by atoms with Gasteiger partial charge >= 0.3 is 0 Å². The van der Waals surface area contributed by atoms with Crippen molar-refractivity contribution in [3.8, 4) is 11.1 Å². The molecule has 0 bridgehead atoms. The molecule has 25 heavy (non-hydrogen) atoms. The molecule has 2 N–H and O–H groups in total. The van der Waals surface area contributed by atoms with E-state index in [1.807, 2.05) is 13.0 Å². The van der Waals surface area contributed by atoms with Gasteiger partial charge in [-0.25, -0.2) is 9.97 Å². The molecular weight excluding hydrogens is 308 g/mol. The molecule has 0 atom stereocenters. The molecule has 126 valence electrons. The van der Waals surface area contributed by atoms with E-state index in [0.717, 1.165) is 43.4 Å². The third-order valence-electron chi connectivity index (χ3n) is 4.60. The molecule has 2 heterocycles. The largest absolute Gasteiger partial charge is 0.366 e. The number of aromatic nitrogens is 2. The average Bonchev–Trinajstić information content (AvgIpc) is 2.67. The Morgan fingerprint density at radius 2 is 1.80 bits per heavy atom. The van der Waals surface area contributed by atoms with Gasteiger partial charge in [-0.1, -0.05) is 54.6 Å². The van der Waals surface area contributed by atoms with Gasteiger partial charge in [-0.15, -0.1) is 0 Å². The van der Waals surface area contributed by atoms with Crippen LogP contribution in [-0.4, -0.2) is 16.5 Å². The lowest BCUT2D eigenvalue weighted by molar-refractivity contribution is 0.621. The maximum atomic E-state index is 4.65. The minimum Gasteiger partial charge on any atom is -0.366 e. The topological polar surface area (TPSA) is 49.8 Å². The van der Waals surface area contributed by atoms with Crippen molar-refractivity contribution in [2.75, 3.05) is 11.9 Å².